The number of nitrogens with zero attached hydrogens (tertiary/aromatic N) is 3. The van der Waals surface area contributed by atoms with Gasteiger partial charge in [0.15, 0.2) is 0 Å². The summed E-state index contributed by atoms with van der Waals surface area (Å²) >= 11 is 3.41. The summed E-state index contributed by atoms with van der Waals surface area (Å²) in [6, 6.07) is 8.92. The molecule has 2 aromatic heterocycles. The zero-order valence-corrected chi connectivity index (χ0v) is 16.4. The molecule has 0 fully saturated rings. The molecule has 2 amide bonds. The van der Waals surface area contributed by atoms with Gasteiger partial charge in [0.2, 0.25) is 5.88 Å². The molecule has 0 atom stereocenters. The number of aromatic nitrogens is 3. The Kier molecular flexibility index (Phi) is 6.43. The van der Waals surface area contributed by atoms with Crippen LogP contribution in [0.2, 0.25) is 0 Å². The van der Waals surface area contributed by atoms with Crippen LogP contribution in [0, 0.1) is 6.92 Å². The number of carbonyl (C=O) groups excluding carboxylic acids is 1. The summed E-state index contributed by atoms with van der Waals surface area (Å²) < 4.78 is 8.60. The van der Waals surface area contributed by atoms with E-state index in [-0.39, 0.29) is 6.03 Å². The third kappa shape index (κ3) is 5.55. The highest BCUT2D eigenvalue weighted by Crippen LogP contribution is 2.30. The summed E-state index contributed by atoms with van der Waals surface area (Å²) in [6.07, 6.45) is 7.87. The number of halogens is 1. The molecule has 0 aliphatic carbocycles. The molecule has 0 aliphatic rings. The highest BCUT2D eigenvalue weighted by Gasteiger charge is 2.09. The van der Waals surface area contributed by atoms with Gasteiger partial charge in [0.1, 0.15) is 5.75 Å². The van der Waals surface area contributed by atoms with Crippen molar-refractivity contribution in [3.05, 3.63) is 65.3 Å². The van der Waals surface area contributed by atoms with E-state index in [1.807, 2.05) is 42.0 Å². The van der Waals surface area contributed by atoms with Crippen molar-refractivity contribution in [3.63, 3.8) is 0 Å². The number of pyridine rings is 1. The van der Waals surface area contributed by atoms with Gasteiger partial charge >= 0.3 is 6.03 Å². The summed E-state index contributed by atoms with van der Waals surface area (Å²) in [4.78, 5) is 20.3. The summed E-state index contributed by atoms with van der Waals surface area (Å²) in [5.74, 6) is 1.11. The van der Waals surface area contributed by atoms with Crippen LogP contribution in [0.25, 0.3) is 0 Å². The molecule has 3 aromatic rings. The Labute approximate surface area is 165 Å². The van der Waals surface area contributed by atoms with E-state index < -0.39 is 0 Å². The van der Waals surface area contributed by atoms with E-state index in [2.05, 4.69) is 36.5 Å². The van der Waals surface area contributed by atoms with E-state index in [9.17, 15) is 4.79 Å². The lowest BCUT2D eigenvalue weighted by Crippen LogP contribution is -2.30. The highest BCUT2D eigenvalue weighted by atomic mass is 79.9. The number of anilines is 1. The van der Waals surface area contributed by atoms with E-state index in [0.717, 1.165) is 23.0 Å². The number of urea groups is 1. The molecule has 0 saturated carbocycles. The Morgan fingerprint density at radius 1 is 1.30 bits per heavy atom. The Morgan fingerprint density at radius 2 is 2.19 bits per heavy atom. The second-order valence-corrected chi connectivity index (χ2v) is 6.76. The first-order chi connectivity index (χ1) is 13.1. The fraction of sp³-hybridized carbons (Fsp3) is 0.211. The van der Waals surface area contributed by atoms with E-state index in [0.29, 0.717) is 23.9 Å². The van der Waals surface area contributed by atoms with Gasteiger partial charge in [0.25, 0.3) is 0 Å². The quantitative estimate of drug-likeness (QED) is 0.546. The van der Waals surface area contributed by atoms with Gasteiger partial charge in [-0.25, -0.2) is 14.8 Å². The minimum Gasteiger partial charge on any atom is -0.438 e. The third-order valence-electron chi connectivity index (χ3n) is 3.82. The van der Waals surface area contributed by atoms with Crippen LogP contribution in [0.5, 0.6) is 11.6 Å². The van der Waals surface area contributed by atoms with Crippen molar-refractivity contribution in [2.75, 3.05) is 11.9 Å². The molecule has 0 saturated heterocycles. The fourth-order valence-corrected chi connectivity index (χ4v) is 2.73. The molecule has 3 rings (SSSR count). The first-order valence-electron chi connectivity index (χ1n) is 8.51. The third-order valence-corrected chi connectivity index (χ3v) is 4.42. The molecular formula is C19H20BrN5O2. The van der Waals surface area contributed by atoms with Crippen molar-refractivity contribution >= 4 is 27.6 Å². The van der Waals surface area contributed by atoms with Gasteiger partial charge in [0, 0.05) is 43.4 Å². The van der Waals surface area contributed by atoms with Crippen LogP contribution in [-0.4, -0.2) is 27.1 Å². The first-order valence-corrected chi connectivity index (χ1v) is 9.31. The maximum Gasteiger partial charge on any atom is 0.319 e. The molecule has 2 heterocycles. The number of benzene rings is 1. The van der Waals surface area contributed by atoms with Gasteiger partial charge in [-0.15, -0.1) is 0 Å². The zero-order chi connectivity index (χ0) is 19.1. The summed E-state index contributed by atoms with van der Waals surface area (Å²) in [6.45, 7) is 3.31. The van der Waals surface area contributed by atoms with Crippen LogP contribution in [0.3, 0.4) is 0 Å². The molecular weight excluding hydrogens is 410 g/mol. The van der Waals surface area contributed by atoms with Crippen LogP contribution in [-0.2, 0) is 6.54 Å². The monoisotopic (exact) mass is 429 g/mol. The summed E-state index contributed by atoms with van der Waals surface area (Å²) in [5, 5.41) is 5.66. The topological polar surface area (TPSA) is 81.1 Å². The molecule has 0 spiro atoms. The van der Waals surface area contributed by atoms with E-state index >= 15 is 0 Å². The molecule has 0 radical (unpaired) electrons. The lowest BCUT2D eigenvalue weighted by Gasteiger charge is -2.12. The van der Waals surface area contributed by atoms with Gasteiger partial charge in [0.05, 0.1) is 10.8 Å². The standard InChI is InChI=1S/C19H20BrN5O2/c1-14-5-6-15(12-17(14)27-18-16(20)4-2-7-22-18)24-19(26)23-8-3-10-25-11-9-21-13-25/h2,4-7,9,11-13H,3,8,10H2,1H3,(H2,23,24,26). The van der Waals surface area contributed by atoms with Crippen molar-refractivity contribution in [2.24, 2.45) is 0 Å². The average molecular weight is 430 g/mol. The van der Waals surface area contributed by atoms with Crippen molar-refractivity contribution in [1.29, 1.82) is 0 Å². The molecule has 140 valence electrons. The maximum absolute atomic E-state index is 12.1. The number of amides is 2. The SMILES string of the molecule is Cc1ccc(NC(=O)NCCCn2ccnc2)cc1Oc1ncccc1Br. The molecule has 0 bridgehead atoms. The number of rotatable bonds is 7. The van der Waals surface area contributed by atoms with Crippen LogP contribution in [0.4, 0.5) is 10.5 Å². The normalized spacial score (nSPS) is 10.4. The Balaban J connectivity index is 1.53. The second-order valence-electron chi connectivity index (χ2n) is 5.91. The molecule has 0 aliphatic heterocycles. The maximum atomic E-state index is 12.1. The molecule has 2 N–H and O–H groups in total. The number of nitrogens with one attached hydrogen (secondary N) is 2. The van der Waals surface area contributed by atoms with E-state index in [1.165, 1.54) is 0 Å². The van der Waals surface area contributed by atoms with E-state index in [1.54, 1.807) is 24.8 Å². The van der Waals surface area contributed by atoms with Crippen molar-refractivity contribution in [2.45, 2.75) is 19.9 Å². The Morgan fingerprint density at radius 3 is 2.96 bits per heavy atom. The average Bonchev–Trinajstić information content (AvgIpc) is 3.17. The fourth-order valence-electron chi connectivity index (χ4n) is 2.40. The predicted octanol–water partition coefficient (Wildman–Crippen LogP) is 4.35. The minimum atomic E-state index is -0.255. The summed E-state index contributed by atoms with van der Waals surface area (Å²) in [5.41, 5.74) is 1.59. The Hall–Kier alpha value is -2.87. The Bertz CT molecular complexity index is 899. The van der Waals surface area contributed by atoms with Gasteiger partial charge < -0.3 is 19.9 Å². The minimum absolute atomic E-state index is 0.255. The van der Waals surface area contributed by atoms with Crippen LogP contribution in [0.15, 0.2) is 59.7 Å². The van der Waals surface area contributed by atoms with Crippen molar-refractivity contribution < 1.29 is 9.53 Å². The smallest absolute Gasteiger partial charge is 0.319 e. The number of aryl methyl sites for hydroxylation is 2. The molecule has 1 aromatic carbocycles. The van der Waals surface area contributed by atoms with Crippen LogP contribution in [0.1, 0.15) is 12.0 Å². The predicted molar refractivity (Wildman–Crippen MR) is 107 cm³/mol. The number of imidazole rings is 1. The van der Waals surface area contributed by atoms with Crippen LogP contribution < -0.4 is 15.4 Å². The van der Waals surface area contributed by atoms with Gasteiger partial charge in [-0.2, -0.15) is 0 Å². The molecule has 0 unspecified atom stereocenters. The lowest BCUT2D eigenvalue weighted by atomic mass is 10.2. The molecule has 7 nitrogen and oxygen atoms in total. The number of carbonyl (C=O) groups is 1. The largest absolute Gasteiger partial charge is 0.438 e. The molecule has 27 heavy (non-hydrogen) atoms. The zero-order valence-electron chi connectivity index (χ0n) is 14.9. The van der Waals surface area contributed by atoms with Crippen molar-refractivity contribution in [3.8, 4) is 11.6 Å². The first kappa shape index (κ1) is 18.9. The second kappa shape index (κ2) is 9.18. The number of hydrogen-bond donors (Lipinski definition) is 2. The summed E-state index contributed by atoms with van der Waals surface area (Å²) in [7, 11) is 0. The number of hydrogen-bond acceptors (Lipinski definition) is 4. The molecule has 8 heteroatoms. The van der Waals surface area contributed by atoms with Gasteiger partial charge in [-0.1, -0.05) is 6.07 Å². The highest BCUT2D eigenvalue weighted by molar-refractivity contribution is 9.10. The van der Waals surface area contributed by atoms with Gasteiger partial charge in [-0.05, 0) is 53.0 Å². The number of ether oxygens (including phenoxy) is 1. The van der Waals surface area contributed by atoms with Gasteiger partial charge in [-0.3, -0.25) is 0 Å². The van der Waals surface area contributed by atoms with Crippen LogP contribution >= 0.6 is 15.9 Å². The van der Waals surface area contributed by atoms with Crippen molar-refractivity contribution in [1.82, 2.24) is 19.9 Å². The van der Waals surface area contributed by atoms with E-state index in [4.69, 9.17) is 4.74 Å². The lowest BCUT2D eigenvalue weighted by molar-refractivity contribution is 0.252.